The predicted octanol–water partition coefficient (Wildman–Crippen LogP) is 4.25. The summed E-state index contributed by atoms with van der Waals surface area (Å²) in [5, 5.41) is 4.38. The smallest absolute Gasteiger partial charge is 0.154 e. The highest BCUT2D eigenvalue weighted by Crippen LogP contribution is 2.32. The number of furan rings is 1. The second kappa shape index (κ2) is 5.20. The average molecular weight is 281 g/mol. The van der Waals surface area contributed by atoms with Gasteiger partial charge in [-0.15, -0.1) is 0 Å². The van der Waals surface area contributed by atoms with Crippen LogP contribution < -0.4 is 5.32 Å². The Balaban J connectivity index is 2.20. The molecule has 0 saturated carbocycles. The first-order valence-corrected chi connectivity index (χ1v) is 7.18. The van der Waals surface area contributed by atoms with Gasteiger partial charge in [0, 0.05) is 17.5 Å². The molecule has 0 aliphatic rings. The Kier molecular flexibility index (Phi) is 3.37. The van der Waals surface area contributed by atoms with Crippen LogP contribution in [0.5, 0.6) is 0 Å². The number of aryl methyl sites for hydroxylation is 2. The van der Waals surface area contributed by atoms with Gasteiger partial charge in [0.1, 0.15) is 22.9 Å². The van der Waals surface area contributed by atoms with E-state index in [4.69, 9.17) is 4.42 Å². The Morgan fingerprint density at radius 3 is 2.67 bits per heavy atom. The highest BCUT2D eigenvalue weighted by molar-refractivity contribution is 5.85. The SMILES string of the molecule is CCNc1nc(C)nc(-c2cc3cccc(C)c3o2)c1C. The first-order chi connectivity index (χ1) is 10.1. The van der Waals surface area contributed by atoms with Gasteiger partial charge in [-0.3, -0.25) is 0 Å². The molecule has 2 heterocycles. The molecule has 0 aliphatic heterocycles. The molecule has 0 radical (unpaired) electrons. The summed E-state index contributed by atoms with van der Waals surface area (Å²) in [6, 6.07) is 8.20. The van der Waals surface area contributed by atoms with Crippen molar-refractivity contribution in [3.8, 4) is 11.5 Å². The lowest BCUT2D eigenvalue weighted by atomic mass is 10.1. The summed E-state index contributed by atoms with van der Waals surface area (Å²) in [6.45, 7) is 8.86. The van der Waals surface area contributed by atoms with E-state index in [0.29, 0.717) is 0 Å². The Morgan fingerprint density at radius 1 is 1.14 bits per heavy atom. The third-order valence-corrected chi connectivity index (χ3v) is 3.58. The summed E-state index contributed by atoms with van der Waals surface area (Å²) in [4.78, 5) is 9.02. The number of para-hydroxylation sites is 1. The number of benzene rings is 1. The van der Waals surface area contributed by atoms with E-state index in [1.165, 1.54) is 0 Å². The molecular formula is C17H19N3O. The normalized spacial score (nSPS) is 11.0. The number of fused-ring (bicyclic) bond motifs is 1. The van der Waals surface area contributed by atoms with Crippen molar-refractivity contribution < 1.29 is 4.42 Å². The van der Waals surface area contributed by atoms with Crippen LogP contribution in [0.3, 0.4) is 0 Å². The number of nitrogens with zero attached hydrogens (tertiary/aromatic N) is 2. The lowest BCUT2D eigenvalue weighted by molar-refractivity contribution is 0.624. The summed E-state index contributed by atoms with van der Waals surface area (Å²) in [7, 11) is 0. The maximum atomic E-state index is 6.04. The van der Waals surface area contributed by atoms with Gasteiger partial charge in [-0.2, -0.15) is 0 Å². The van der Waals surface area contributed by atoms with Crippen molar-refractivity contribution in [2.75, 3.05) is 11.9 Å². The summed E-state index contributed by atoms with van der Waals surface area (Å²) in [5.74, 6) is 2.40. The van der Waals surface area contributed by atoms with Crippen molar-refractivity contribution in [2.45, 2.75) is 27.7 Å². The Labute approximate surface area is 124 Å². The van der Waals surface area contributed by atoms with E-state index in [2.05, 4.69) is 41.3 Å². The third kappa shape index (κ3) is 2.37. The van der Waals surface area contributed by atoms with E-state index in [-0.39, 0.29) is 0 Å². The van der Waals surface area contributed by atoms with E-state index in [1.807, 2.05) is 26.0 Å². The molecule has 0 fully saturated rings. The minimum absolute atomic E-state index is 0.740. The molecular weight excluding hydrogens is 262 g/mol. The minimum atomic E-state index is 0.740. The van der Waals surface area contributed by atoms with Crippen molar-refractivity contribution in [3.05, 3.63) is 41.2 Å². The first kappa shape index (κ1) is 13.6. The molecule has 108 valence electrons. The molecule has 0 saturated heterocycles. The van der Waals surface area contributed by atoms with E-state index in [1.54, 1.807) is 0 Å². The molecule has 0 unspecified atom stereocenters. The van der Waals surface area contributed by atoms with Crippen LogP contribution in [-0.4, -0.2) is 16.5 Å². The number of rotatable bonds is 3. The lowest BCUT2D eigenvalue weighted by Gasteiger charge is -2.10. The first-order valence-electron chi connectivity index (χ1n) is 7.18. The van der Waals surface area contributed by atoms with E-state index >= 15 is 0 Å². The largest absolute Gasteiger partial charge is 0.454 e. The topological polar surface area (TPSA) is 51.0 Å². The zero-order valence-corrected chi connectivity index (χ0v) is 12.8. The lowest BCUT2D eigenvalue weighted by Crippen LogP contribution is -2.05. The Morgan fingerprint density at radius 2 is 1.95 bits per heavy atom. The molecule has 1 N–H and O–H groups in total. The van der Waals surface area contributed by atoms with Crippen LogP contribution in [0.4, 0.5) is 5.82 Å². The van der Waals surface area contributed by atoms with Crippen molar-refractivity contribution in [1.29, 1.82) is 0 Å². The number of hydrogen-bond donors (Lipinski definition) is 1. The van der Waals surface area contributed by atoms with Crippen LogP contribution in [0, 0.1) is 20.8 Å². The molecule has 21 heavy (non-hydrogen) atoms. The number of aromatic nitrogens is 2. The molecule has 3 rings (SSSR count). The van der Waals surface area contributed by atoms with Crippen LogP contribution in [0.25, 0.3) is 22.4 Å². The van der Waals surface area contributed by atoms with Gasteiger partial charge in [0.15, 0.2) is 5.76 Å². The second-order valence-electron chi connectivity index (χ2n) is 5.23. The van der Waals surface area contributed by atoms with Gasteiger partial charge in [0.2, 0.25) is 0 Å². The fourth-order valence-electron chi connectivity index (χ4n) is 2.53. The molecule has 2 aromatic heterocycles. The van der Waals surface area contributed by atoms with Crippen molar-refractivity contribution >= 4 is 16.8 Å². The third-order valence-electron chi connectivity index (χ3n) is 3.58. The molecule has 0 bridgehead atoms. The Hall–Kier alpha value is -2.36. The van der Waals surface area contributed by atoms with Crippen molar-refractivity contribution in [1.82, 2.24) is 9.97 Å². The molecule has 0 atom stereocenters. The summed E-state index contributed by atoms with van der Waals surface area (Å²) in [5.41, 5.74) is 3.93. The molecule has 4 nitrogen and oxygen atoms in total. The highest BCUT2D eigenvalue weighted by Gasteiger charge is 2.15. The van der Waals surface area contributed by atoms with Gasteiger partial charge >= 0.3 is 0 Å². The number of hydrogen-bond acceptors (Lipinski definition) is 4. The average Bonchev–Trinajstić information content (AvgIpc) is 2.88. The highest BCUT2D eigenvalue weighted by atomic mass is 16.3. The van der Waals surface area contributed by atoms with Crippen LogP contribution in [-0.2, 0) is 0 Å². The van der Waals surface area contributed by atoms with Crippen LogP contribution in [0.1, 0.15) is 23.9 Å². The fraction of sp³-hybridized carbons (Fsp3) is 0.294. The molecule has 3 aromatic rings. The predicted molar refractivity (Wildman–Crippen MR) is 85.6 cm³/mol. The van der Waals surface area contributed by atoms with Crippen LogP contribution in [0.15, 0.2) is 28.7 Å². The number of anilines is 1. The standard InChI is InChI=1S/C17H19N3O/c1-5-18-17-11(3)15(19-12(4)20-17)14-9-13-8-6-7-10(2)16(13)21-14/h6-9H,5H2,1-4H3,(H,18,19,20). The van der Waals surface area contributed by atoms with Crippen molar-refractivity contribution in [3.63, 3.8) is 0 Å². The van der Waals surface area contributed by atoms with Gasteiger partial charge < -0.3 is 9.73 Å². The minimum Gasteiger partial charge on any atom is -0.454 e. The molecule has 4 heteroatoms. The Bertz CT molecular complexity index is 805. The van der Waals surface area contributed by atoms with Crippen LogP contribution in [0.2, 0.25) is 0 Å². The maximum absolute atomic E-state index is 6.04. The zero-order chi connectivity index (χ0) is 15.0. The zero-order valence-electron chi connectivity index (χ0n) is 12.8. The van der Waals surface area contributed by atoms with E-state index < -0.39 is 0 Å². The molecule has 1 aromatic carbocycles. The van der Waals surface area contributed by atoms with Gasteiger partial charge in [-0.1, -0.05) is 18.2 Å². The van der Waals surface area contributed by atoms with Gasteiger partial charge in [-0.05, 0) is 39.3 Å². The van der Waals surface area contributed by atoms with Crippen molar-refractivity contribution in [2.24, 2.45) is 0 Å². The summed E-state index contributed by atoms with van der Waals surface area (Å²) < 4.78 is 6.04. The van der Waals surface area contributed by atoms with E-state index in [9.17, 15) is 0 Å². The quantitative estimate of drug-likeness (QED) is 0.780. The van der Waals surface area contributed by atoms with Gasteiger partial charge in [0.05, 0.1) is 0 Å². The maximum Gasteiger partial charge on any atom is 0.154 e. The second-order valence-corrected chi connectivity index (χ2v) is 5.23. The van der Waals surface area contributed by atoms with Crippen LogP contribution >= 0.6 is 0 Å². The van der Waals surface area contributed by atoms with Gasteiger partial charge in [-0.25, -0.2) is 9.97 Å². The summed E-state index contributed by atoms with van der Waals surface area (Å²) >= 11 is 0. The molecule has 0 spiro atoms. The summed E-state index contributed by atoms with van der Waals surface area (Å²) in [6.07, 6.45) is 0. The molecule has 0 aliphatic carbocycles. The number of nitrogens with one attached hydrogen (secondary N) is 1. The molecule has 0 amide bonds. The van der Waals surface area contributed by atoms with Gasteiger partial charge in [0.25, 0.3) is 0 Å². The van der Waals surface area contributed by atoms with E-state index in [0.717, 1.165) is 51.7 Å². The monoisotopic (exact) mass is 281 g/mol. The fourth-order valence-corrected chi connectivity index (χ4v) is 2.53.